The van der Waals surface area contributed by atoms with Gasteiger partial charge in [-0.2, -0.15) is 8.78 Å². The Kier molecular flexibility index (Phi) is 9.40. The second-order valence-corrected chi connectivity index (χ2v) is 8.28. The van der Waals surface area contributed by atoms with Crippen LogP contribution >= 0.6 is 7.67 Å². The molecule has 1 aromatic rings. The first-order valence-electron chi connectivity index (χ1n) is 8.97. The van der Waals surface area contributed by atoms with Crippen LogP contribution in [0.2, 0.25) is 0 Å². The maximum atomic E-state index is 14.0. The van der Waals surface area contributed by atoms with E-state index in [0.717, 1.165) is 13.8 Å². The lowest BCUT2D eigenvalue weighted by atomic mass is 10.3. The van der Waals surface area contributed by atoms with Crippen LogP contribution in [-0.2, 0) is 23.6 Å². The van der Waals surface area contributed by atoms with Crippen molar-refractivity contribution in [3.8, 4) is 5.75 Å². The molecule has 0 aliphatic carbocycles. The van der Waals surface area contributed by atoms with Gasteiger partial charge in [-0.15, -0.1) is 0 Å². The highest BCUT2D eigenvalue weighted by Gasteiger charge is 2.38. The van der Waals surface area contributed by atoms with Crippen molar-refractivity contribution >= 4 is 19.6 Å². The second kappa shape index (κ2) is 10.9. The summed E-state index contributed by atoms with van der Waals surface area (Å²) in [7, 11) is -4.87. The standard InChI is InChI=1S/C17H22F5N2O6P/c1-6-28-16(25)8(4)23-31(27,24-9(5)17(26)29-7(2)3)30-15-13(21)11(19)10(18)12(20)14(15)22/h7-9H,6H2,1-5H3,(H2,23,24,27)/t8-,9-,31?/m0/s1. The molecule has 0 radical (unpaired) electrons. The van der Waals surface area contributed by atoms with Gasteiger partial charge in [0.2, 0.25) is 34.8 Å². The molecule has 1 unspecified atom stereocenters. The van der Waals surface area contributed by atoms with E-state index >= 15 is 0 Å². The number of nitrogens with one attached hydrogen (secondary N) is 2. The molecule has 0 bridgehead atoms. The summed E-state index contributed by atoms with van der Waals surface area (Å²) in [5.74, 6) is -15.8. The van der Waals surface area contributed by atoms with Crippen LogP contribution in [0, 0.1) is 29.1 Å². The molecule has 0 heterocycles. The summed E-state index contributed by atoms with van der Waals surface area (Å²) in [4.78, 5) is 23.8. The summed E-state index contributed by atoms with van der Waals surface area (Å²) in [6.45, 7) is 6.69. The van der Waals surface area contributed by atoms with E-state index in [2.05, 4.69) is 9.61 Å². The Balaban J connectivity index is 3.36. The van der Waals surface area contributed by atoms with Gasteiger partial charge in [0.25, 0.3) is 0 Å². The van der Waals surface area contributed by atoms with Crippen LogP contribution in [0.1, 0.15) is 34.6 Å². The number of hydrogen-bond donors (Lipinski definition) is 2. The van der Waals surface area contributed by atoms with E-state index in [1.54, 1.807) is 0 Å². The minimum absolute atomic E-state index is 0.0712. The van der Waals surface area contributed by atoms with Gasteiger partial charge in [-0.3, -0.25) is 9.59 Å². The van der Waals surface area contributed by atoms with Crippen molar-refractivity contribution in [2.45, 2.75) is 52.8 Å². The number of rotatable bonds is 10. The van der Waals surface area contributed by atoms with E-state index < -0.39 is 72.6 Å². The van der Waals surface area contributed by atoms with Gasteiger partial charge in [0.15, 0.2) is 0 Å². The van der Waals surface area contributed by atoms with Crippen molar-refractivity contribution in [3.63, 3.8) is 0 Å². The van der Waals surface area contributed by atoms with Crippen LogP contribution in [-0.4, -0.2) is 36.7 Å². The normalized spacial score (nSPS) is 15.2. The quantitative estimate of drug-likeness (QED) is 0.174. The van der Waals surface area contributed by atoms with Crippen LogP contribution in [0.15, 0.2) is 0 Å². The third-order valence-corrected chi connectivity index (χ3v) is 5.36. The fourth-order valence-corrected chi connectivity index (χ4v) is 3.93. The molecular formula is C17H22F5N2O6P. The van der Waals surface area contributed by atoms with Gasteiger partial charge in [0.05, 0.1) is 12.7 Å². The summed E-state index contributed by atoms with van der Waals surface area (Å²) in [5, 5.41) is 4.09. The molecule has 176 valence electrons. The average molecular weight is 476 g/mol. The van der Waals surface area contributed by atoms with Crippen molar-refractivity contribution < 1.29 is 50.1 Å². The van der Waals surface area contributed by atoms with E-state index in [0.29, 0.717) is 0 Å². The fourth-order valence-electron chi connectivity index (χ4n) is 2.10. The van der Waals surface area contributed by atoms with Gasteiger partial charge < -0.3 is 14.0 Å². The zero-order valence-corrected chi connectivity index (χ0v) is 18.1. The van der Waals surface area contributed by atoms with E-state index in [1.165, 1.54) is 20.8 Å². The first kappa shape index (κ1) is 26.8. The number of benzene rings is 1. The maximum Gasteiger partial charge on any atom is 0.392 e. The predicted octanol–water partition coefficient (Wildman–Crippen LogP) is 3.34. The van der Waals surface area contributed by atoms with Gasteiger partial charge in [0.1, 0.15) is 12.1 Å². The third kappa shape index (κ3) is 6.88. The molecular weight excluding hydrogens is 454 g/mol. The zero-order valence-electron chi connectivity index (χ0n) is 17.2. The summed E-state index contributed by atoms with van der Waals surface area (Å²) in [6, 6.07) is -2.88. The SMILES string of the molecule is CCOC(=O)[C@H](C)NP(=O)(N[C@@H](C)C(=O)OC(C)C)Oc1c(F)c(F)c(F)c(F)c1F. The largest absolute Gasteiger partial charge is 0.465 e. The van der Waals surface area contributed by atoms with Crippen molar-refractivity contribution in [2.24, 2.45) is 0 Å². The highest BCUT2D eigenvalue weighted by molar-refractivity contribution is 7.55. The van der Waals surface area contributed by atoms with Gasteiger partial charge in [-0.1, -0.05) is 0 Å². The summed E-state index contributed by atoms with van der Waals surface area (Å²) in [5.41, 5.74) is 0. The molecule has 0 saturated carbocycles. The molecule has 2 N–H and O–H groups in total. The van der Waals surface area contributed by atoms with Gasteiger partial charge in [-0.05, 0) is 34.6 Å². The van der Waals surface area contributed by atoms with Gasteiger partial charge in [0, 0.05) is 0 Å². The minimum Gasteiger partial charge on any atom is -0.465 e. The molecule has 1 aromatic carbocycles. The Morgan fingerprint density at radius 2 is 1.26 bits per heavy atom. The molecule has 0 amide bonds. The monoisotopic (exact) mass is 476 g/mol. The topological polar surface area (TPSA) is 103 Å². The summed E-state index contributed by atoms with van der Waals surface area (Å²) >= 11 is 0. The van der Waals surface area contributed by atoms with Crippen molar-refractivity contribution in [1.29, 1.82) is 0 Å². The van der Waals surface area contributed by atoms with Gasteiger partial charge >= 0.3 is 19.6 Å². The first-order chi connectivity index (χ1) is 14.2. The molecule has 0 spiro atoms. The smallest absolute Gasteiger partial charge is 0.392 e. The Morgan fingerprint density at radius 3 is 1.68 bits per heavy atom. The lowest BCUT2D eigenvalue weighted by Crippen LogP contribution is -2.43. The Hall–Kier alpha value is -2.24. The van der Waals surface area contributed by atoms with Crippen molar-refractivity contribution in [2.75, 3.05) is 6.61 Å². The molecule has 0 fully saturated rings. The molecule has 3 atom stereocenters. The van der Waals surface area contributed by atoms with Crippen molar-refractivity contribution in [3.05, 3.63) is 29.1 Å². The van der Waals surface area contributed by atoms with Crippen LogP contribution in [0.4, 0.5) is 22.0 Å². The number of ether oxygens (including phenoxy) is 2. The average Bonchev–Trinajstić information content (AvgIpc) is 2.67. The molecule has 0 aliphatic rings. The maximum absolute atomic E-state index is 14.0. The van der Waals surface area contributed by atoms with E-state index in [9.17, 15) is 36.1 Å². The first-order valence-corrected chi connectivity index (χ1v) is 10.6. The summed E-state index contributed by atoms with van der Waals surface area (Å²) in [6.07, 6.45) is -0.585. The Labute approximate surface area is 175 Å². The lowest BCUT2D eigenvalue weighted by molar-refractivity contribution is -0.149. The molecule has 31 heavy (non-hydrogen) atoms. The zero-order chi connectivity index (χ0) is 24.1. The second-order valence-electron chi connectivity index (χ2n) is 6.48. The number of hydrogen-bond acceptors (Lipinski definition) is 6. The van der Waals surface area contributed by atoms with Crippen LogP contribution in [0.25, 0.3) is 0 Å². The van der Waals surface area contributed by atoms with Crippen LogP contribution in [0.3, 0.4) is 0 Å². The van der Waals surface area contributed by atoms with E-state index in [-0.39, 0.29) is 6.61 Å². The van der Waals surface area contributed by atoms with E-state index in [4.69, 9.17) is 9.47 Å². The fraction of sp³-hybridized carbons (Fsp3) is 0.529. The molecule has 0 saturated heterocycles. The number of carbonyl (C=O) groups excluding carboxylic acids is 2. The Morgan fingerprint density at radius 1 is 0.839 bits per heavy atom. The summed E-state index contributed by atoms with van der Waals surface area (Å²) < 4.78 is 95.6. The van der Waals surface area contributed by atoms with Crippen LogP contribution in [0.5, 0.6) is 5.75 Å². The number of halogens is 5. The lowest BCUT2D eigenvalue weighted by Gasteiger charge is -2.26. The molecule has 0 aromatic heterocycles. The number of carbonyl (C=O) groups is 2. The predicted molar refractivity (Wildman–Crippen MR) is 97.5 cm³/mol. The minimum atomic E-state index is -4.87. The van der Waals surface area contributed by atoms with Gasteiger partial charge in [-0.25, -0.2) is 27.9 Å². The van der Waals surface area contributed by atoms with Crippen LogP contribution < -0.4 is 14.7 Å². The van der Waals surface area contributed by atoms with E-state index in [1.807, 2.05) is 5.09 Å². The molecule has 8 nitrogen and oxygen atoms in total. The highest BCUT2D eigenvalue weighted by atomic mass is 31.2. The third-order valence-electron chi connectivity index (χ3n) is 3.46. The number of esters is 2. The van der Waals surface area contributed by atoms with Crippen molar-refractivity contribution in [1.82, 2.24) is 10.2 Å². The molecule has 14 heteroatoms. The highest BCUT2D eigenvalue weighted by Crippen LogP contribution is 2.43. The Bertz CT molecular complexity index is 856. The molecule has 0 aliphatic heterocycles. The molecule has 1 rings (SSSR count).